The average molecular weight is 287 g/mol. The molecule has 0 saturated heterocycles. The first-order valence-electron chi connectivity index (χ1n) is 6.72. The van der Waals surface area contributed by atoms with Gasteiger partial charge in [0, 0.05) is 11.6 Å². The Morgan fingerprint density at radius 3 is 2.33 bits per heavy atom. The molecule has 0 spiro atoms. The molecular formula is C16H17NO4. The zero-order valence-corrected chi connectivity index (χ0v) is 11.9. The van der Waals surface area contributed by atoms with Crippen molar-refractivity contribution in [1.29, 1.82) is 0 Å². The number of benzene rings is 2. The number of aliphatic hydroxyl groups excluding tert-OH is 1. The Balaban J connectivity index is 2.15. The van der Waals surface area contributed by atoms with Crippen LogP contribution in [0.25, 0.3) is 0 Å². The van der Waals surface area contributed by atoms with E-state index in [9.17, 15) is 15.2 Å². The van der Waals surface area contributed by atoms with Crippen molar-refractivity contribution in [3.05, 3.63) is 63.7 Å². The SMILES string of the molecule is CC[C@H](O)c1ccc(Oc2ccc([N+](=O)[O-])c(C)c2)cc1. The monoisotopic (exact) mass is 287 g/mol. The summed E-state index contributed by atoms with van der Waals surface area (Å²) in [6, 6.07) is 11.8. The lowest BCUT2D eigenvalue weighted by atomic mass is 10.1. The third kappa shape index (κ3) is 3.58. The number of hydrogen-bond donors (Lipinski definition) is 1. The maximum Gasteiger partial charge on any atom is 0.272 e. The fourth-order valence-corrected chi connectivity index (χ4v) is 2.03. The Kier molecular flexibility index (Phi) is 4.55. The summed E-state index contributed by atoms with van der Waals surface area (Å²) in [7, 11) is 0. The summed E-state index contributed by atoms with van der Waals surface area (Å²) >= 11 is 0. The molecule has 0 aliphatic heterocycles. The molecule has 0 saturated carbocycles. The van der Waals surface area contributed by atoms with Crippen molar-refractivity contribution in [2.24, 2.45) is 0 Å². The van der Waals surface area contributed by atoms with Gasteiger partial charge in [0.25, 0.3) is 5.69 Å². The maximum atomic E-state index is 10.8. The number of nitro groups is 1. The van der Waals surface area contributed by atoms with Gasteiger partial charge in [-0.3, -0.25) is 10.1 Å². The number of hydrogen-bond acceptors (Lipinski definition) is 4. The van der Waals surface area contributed by atoms with E-state index in [2.05, 4.69) is 0 Å². The molecule has 0 amide bonds. The lowest BCUT2D eigenvalue weighted by molar-refractivity contribution is -0.385. The van der Waals surface area contributed by atoms with Crippen LogP contribution in [-0.4, -0.2) is 10.0 Å². The predicted octanol–water partition coefficient (Wildman–Crippen LogP) is 4.14. The first-order valence-corrected chi connectivity index (χ1v) is 6.72. The van der Waals surface area contributed by atoms with E-state index in [1.807, 2.05) is 19.1 Å². The van der Waals surface area contributed by atoms with Crippen LogP contribution in [0.1, 0.15) is 30.6 Å². The van der Waals surface area contributed by atoms with Gasteiger partial charge < -0.3 is 9.84 Å². The summed E-state index contributed by atoms with van der Waals surface area (Å²) in [6.07, 6.45) is 0.183. The molecule has 21 heavy (non-hydrogen) atoms. The number of aliphatic hydroxyl groups is 1. The van der Waals surface area contributed by atoms with Crippen LogP contribution in [0, 0.1) is 17.0 Å². The van der Waals surface area contributed by atoms with Gasteiger partial charge in [-0.05, 0) is 43.2 Å². The molecule has 2 aromatic carbocycles. The summed E-state index contributed by atoms with van der Waals surface area (Å²) in [4.78, 5) is 10.3. The Labute approximate surface area is 123 Å². The van der Waals surface area contributed by atoms with Gasteiger partial charge in [-0.15, -0.1) is 0 Å². The van der Waals surface area contributed by atoms with Crippen molar-refractivity contribution in [2.45, 2.75) is 26.4 Å². The van der Waals surface area contributed by atoms with Gasteiger partial charge in [0.05, 0.1) is 11.0 Å². The molecule has 0 fully saturated rings. The topological polar surface area (TPSA) is 72.6 Å². The molecule has 0 aromatic heterocycles. The first kappa shape index (κ1) is 15.0. The fraction of sp³-hybridized carbons (Fsp3) is 0.250. The smallest absolute Gasteiger partial charge is 0.272 e. The summed E-state index contributed by atoms with van der Waals surface area (Å²) in [5, 5.41) is 20.5. The van der Waals surface area contributed by atoms with E-state index in [-0.39, 0.29) is 5.69 Å². The number of nitro benzene ring substituents is 1. The van der Waals surface area contributed by atoms with Gasteiger partial charge >= 0.3 is 0 Å². The molecule has 110 valence electrons. The number of nitrogens with zero attached hydrogens (tertiary/aromatic N) is 1. The van der Waals surface area contributed by atoms with Crippen LogP contribution in [0.5, 0.6) is 11.5 Å². The third-order valence-electron chi connectivity index (χ3n) is 3.25. The van der Waals surface area contributed by atoms with Crippen LogP contribution < -0.4 is 4.74 Å². The molecule has 0 radical (unpaired) electrons. The van der Waals surface area contributed by atoms with Gasteiger partial charge in [-0.25, -0.2) is 0 Å². The van der Waals surface area contributed by atoms with Crippen molar-refractivity contribution in [3.8, 4) is 11.5 Å². The van der Waals surface area contributed by atoms with Crippen LogP contribution in [0.2, 0.25) is 0 Å². The molecule has 1 atom stereocenters. The quantitative estimate of drug-likeness (QED) is 0.662. The zero-order chi connectivity index (χ0) is 15.4. The average Bonchev–Trinajstić information content (AvgIpc) is 2.47. The highest BCUT2D eigenvalue weighted by atomic mass is 16.6. The van der Waals surface area contributed by atoms with E-state index in [4.69, 9.17) is 4.74 Å². The van der Waals surface area contributed by atoms with Crippen molar-refractivity contribution in [3.63, 3.8) is 0 Å². The molecule has 5 nitrogen and oxygen atoms in total. The highest BCUT2D eigenvalue weighted by molar-refractivity contribution is 5.45. The largest absolute Gasteiger partial charge is 0.457 e. The Hall–Kier alpha value is -2.40. The third-order valence-corrected chi connectivity index (χ3v) is 3.25. The van der Waals surface area contributed by atoms with Gasteiger partial charge in [-0.2, -0.15) is 0 Å². The second-order valence-electron chi connectivity index (χ2n) is 4.80. The molecule has 0 bridgehead atoms. The van der Waals surface area contributed by atoms with Crippen LogP contribution in [-0.2, 0) is 0 Å². The summed E-state index contributed by atoms with van der Waals surface area (Å²) in [6.45, 7) is 3.58. The molecule has 0 aliphatic rings. The maximum absolute atomic E-state index is 10.8. The van der Waals surface area contributed by atoms with E-state index in [1.54, 1.807) is 31.2 Å². The Bertz CT molecular complexity index is 637. The lowest BCUT2D eigenvalue weighted by Crippen LogP contribution is -1.95. The second-order valence-corrected chi connectivity index (χ2v) is 4.80. The van der Waals surface area contributed by atoms with Crippen LogP contribution in [0.3, 0.4) is 0 Å². The summed E-state index contributed by atoms with van der Waals surface area (Å²) < 4.78 is 5.66. The normalized spacial score (nSPS) is 12.0. The minimum absolute atomic E-state index is 0.0729. The minimum Gasteiger partial charge on any atom is -0.457 e. The Morgan fingerprint density at radius 1 is 1.19 bits per heavy atom. The van der Waals surface area contributed by atoms with Crippen LogP contribution >= 0.6 is 0 Å². The molecule has 1 N–H and O–H groups in total. The highest BCUT2D eigenvalue weighted by Gasteiger charge is 2.11. The van der Waals surface area contributed by atoms with Crippen molar-refractivity contribution in [2.75, 3.05) is 0 Å². The van der Waals surface area contributed by atoms with Crippen LogP contribution in [0.4, 0.5) is 5.69 Å². The standard InChI is InChI=1S/C16H17NO4/c1-3-16(18)12-4-6-13(7-5-12)21-14-8-9-15(17(19)20)11(2)10-14/h4-10,16,18H,3H2,1-2H3/t16-/m0/s1. The molecule has 0 unspecified atom stereocenters. The summed E-state index contributed by atoms with van der Waals surface area (Å²) in [5.41, 5.74) is 1.46. The first-order chi connectivity index (χ1) is 10.0. The number of ether oxygens (including phenoxy) is 1. The number of aryl methyl sites for hydroxylation is 1. The van der Waals surface area contributed by atoms with E-state index in [1.165, 1.54) is 6.07 Å². The van der Waals surface area contributed by atoms with Gasteiger partial charge in [0.1, 0.15) is 11.5 Å². The number of rotatable bonds is 5. The second kappa shape index (κ2) is 6.37. The molecule has 0 heterocycles. The molecule has 5 heteroatoms. The van der Waals surface area contributed by atoms with E-state index < -0.39 is 11.0 Å². The zero-order valence-electron chi connectivity index (χ0n) is 11.9. The molecular weight excluding hydrogens is 270 g/mol. The molecule has 2 aromatic rings. The fourth-order valence-electron chi connectivity index (χ4n) is 2.03. The lowest BCUT2D eigenvalue weighted by Gasteiger charge is -2.10. The summed E-state index contributed by atoms with van der Waals surface area (Å²) in [5.74, 6) is 1.16. The van der Waals surface area contributed by atoms with Gasteiger partial charge in [-0.1, -0.05) is 19.1 Å². The predicted molar refractivity (Wildman–Crippen MR) is 79.6 cm³/mol. The Morgan fingerprint density at radius 2 is 1.81 bits per heavy atom. The molecule has 2 rings (SSSR count). The van der Waals surface area contributed by atoms with E-state index >= 15 is 0 Å². The highest BCUT2D eigenvalue weighted by Crippen LogP contribution is 2.28. The molecule has 0 aliphatic carbocycles. The minimum atomic E-state index is -0.472. The van der Waals surface area contributed by atoms with Gasteiger partial charge in [0.15, 0.2) is 0 Å². The van der Waals surface area contributed by atoms with Gasteiger partial charge in [0.2, 0.25) is 0 Å². The van der Waals surface area contributed by atoms with E-state index in [0.29, 0.717) is 23.5 Å². The van der Waals surface area contributed by atoms with Crippen molar-refractivity contribution >= 4 is 5.69 Å². The van der Waals surface area contributed by atoms with Crippen LogP contribution in [0.15, 0.2) is 42.5 Å². The van der Waals surface area contributed by atoms with Crippen molar-refractivity contribution in [1.82, 2.24) is 0 Å². The van der Waals surface area contributed by atoms with E-state index in [0.717, 1.165) is 5.56 Å². The van der Waals surface area contributed by atoms with Crippen molar-refractivity contribution < 1.29 is 14.8 Å².